The van der Waals surface area contributed by atoms with Crippen LogP contribution in [-0.2, 0) is 33.8 Å². The minimum absolute atomic E-state index is 0.0282. The van der Waals surface area contributed by atoms with Gasteiger partial charge in [0.2, 0.25) is 16.5 Å². The molecule has 0 aliphatic heterocycles. The Morgan fingerprint density at radius 1 is 0.882 bits per heavy atom. The van der Waals surface area contributed by atoms with E-state index < -0.39 is 38.5 Å². The average Bonchev–Trinajstić information content (AvgIpc) is 3.06. The van der Waals surface area contributed by atoms with E-state index in [1.165, 1.54) is 48.5 Å². The first-order valence-corrected chi connectivity index (χ1v) is 18.3. The van der Waals surface area contributed by atoms with Crippen LogP contribution in [0.4, 0.5) is 28.7 Å². The van der Waals surface area contributed by atoms with Gasteiger partial charge in [-0.25, -0.2) is 17.9 Å². The summed E-state index contributed by atoms with van der Waals surface area (Å²) in [6.45, 7) is -0.775. The molecular weight excluding hydrogens is 777 g/mol. The molecule has 4 aromatic carbocycles. The number of nitrogens with one attached hydrogen (secondary N) is 2. The van der Waals surface area contributed by atoms with Crippen molar-refractivity contribution >= 4 is 101 Å². The molecule has 0 saturated carbocycles. The second-order valence-electron chi connectivity index (χ2n) is 9.85. The highest BCUT2D eigenvalue weighted by atomic mass is 35.5. The van der Waals surface area contributed by atoms with Gasteiger partial charge >= 0.3 is 10.4 Å². The molecule has 1 amide bonds. The van der Waals surface area contributed by atoms with E-state index in [4.69, 9.17) is 33.0 Å². The number of nitrogens with zero attached hydrogens (tertiary/aromatic N) is 5. The van der Waals surface area contributed by atoms with E-state index in [1.807, 2.05) is 0 Å². The number of phenolic OH excluding ortho intramolecular Hbond substituents is 1. The largest absolute Gasteiger partial charge is 0.505 e. The van der Waals surface area contributed by atoms with Crippen LogP contribution < -0.4 is 10.6 Å². The van der Waals surface area contributed by atoms with E-state index in [2.05, 4.69) is 49.4 Å². The summed E-state index contributed by atoms with van der Waals surface area (Å²) in [6, 6.07) is 17.4. The monoisotopic (exact) mass is 797 g/mol. The van der Waals surface area contributed by atoms with Gasteiger partial charge in [-0.1, -0.05) is 5.04 Å². The zero-order valence-corrected chi connectivity index (χ0v) is 29.1. The van der Waals surface area contributed by atoms with E-state index in [-0.39, 0.29) is 49.0 Å². The van der Waals surface area contributed by atoms with Gasteiger partial charge in [0.1, 0.15) is 5.69 Å². The number of rotatable bonds is 14. The number of amides is 1. The molecule has 0 radical (unpaired) electrons. The number of hydrogen-bond acceptors (Lipinski definition) is 17. The number of carbonyl (C=O) groups excluding carboxylic acids is 1. The second kappa shape index (κ2) is 16.2. The maximum Gasteiger partial charge on any atom is 0.397 e. The molecule has 266 valence electrons. The van der Waals surface area contributed by atoms with Crippen LogP contribution in [0, 0.1) is 0 Å². The first-order chi connectivity index (χ1) is 24.2. The number of fused-ring (bicyclic) bond motifs is 1. The van der Waals surface area contributed by atoms with E-state index in [9.17, 15) is 26.7 Å². The topological polar surface area (TPSA) is 261 Å². The maximum atomic E-state index is 12.8. The van der Waals surface area contributed by atoms with Gasteiger partial charge in [0.15, 0.2) is 15.6 Å². The van der Waals surface area contributed by atoms with Crippen LogP contribution in [0.1, 0.15) is 10.4 Å². The Morgan fingerprint density at radius 3 is 2.20 bits per heavy atom. The van der Waals surface area contributed by atoms with E-state index in [0.717, 1.165) is 0 Å². The van der Waals surface area contributed by atoms with Crippen molar-refractivity contribution in [2.75, 3.05) is 23.0 Å². The van der Waals surface area contributed by atoms with Gasteiger partial charge in [-0.2, -0.15) is 28.5 Å². The Balaban J connectivity index is 1.29. The Bertz CT molecular complexity index is 2320. The molecule has 18 nitrogen and oxygen atoms in total. The molecule has 1 aromatic heterocycles. The summed E-state index contributed by atoms with van der Waals surface area (Å²) in [6.07, 6.45) is 0. The van der Waals surface area contributed by atoms with Crippen molar-refractivity contribution in [3.8, 4) is 5.75 Å². The van der Waals surface area contributed by atoms with Crippen LogP contribution in [0.25, 0.3) is 10.8 Å². The second-order valence-corrected chi connectivity index (χ2v) is 14.5. The first kappa shape index (κ1) is 37.7. The molecule has 0 spiro atoms. The lowest BCUT2D eigenvalue weighted by Gasteiger charge is -2.11. The SMILES string of the molecule is O=C(Nc1ccc(S(=O)(=O)CCOS(=O)(=O)O)cc1)c1ccc(N=Nc2c(SOOO)cc3cc(Nc4nc(Cl)nc(Cl)n4)ccc3c2O)cc1. The standard InChI is InChI=1S/C28H21Cl2N7O11S3/c29-26-33-27(30)35-28(34-26)32-19-7-10-21-16(13-19)14-22(49-48-47-40)23(24(21)38)37-36-18-3-1-15(2-4-18)25(39)31-17-5-8-20(9-6-17)50(41,42)12-11-46-51(43,44)45/h1-10,13-14,38,40H,11-12H2,(H,31,39)(H,43,44,45)(H,32,33,34,35). The van der Waals surface area contributed by atoms with Crippen LogP contribution in [0.2, 0.25) is 10.6 Å². The number of sulfone groups is 1. The third kappa shape index (κ3) is 10.3. The van der Waals surface area contributed by atoms with Crippen LogP contribution in [0.3, 0.4) is 0 Å². The third-order valence-corrected chi connectivity index (χ3v) is 9.61. The fourth-order valence-corrected chi connectivity index (χ4v) is 6.60. The number of phenols is 1. The van der Waals surface area contributed by atoms with Crippen LogP contribution in [-0.4, -0.2) is 65.0 Å². The molecule has 0 atom stereocenters. The van der Waals surface area contributed by atoms with Crippen molar-refractivity contribution in [3.63, 3.8) is 0 Å². The zero-order chi connectivity index (χ0) is 36.8. The van der Waals surface area contributed by atoms with Gasteiger partial charge in [-0.05, 0) is 101 Å². The quantitative estimate of drug-likeness (QED) is 0.0265. The molecule has 0 bridgehead atoms. The highest BCUT2D eigenvalue weighted by Crippen LogP contribution is 2.44. The minimum Gasteiger partial charge on any atom is -0.505 e. The van der Waals surface area contributed by atoms with Crippen LogP contribution >= 0.6 is 35.2 Å². The highest BCUT2D eigenvalue weighted by Gasteiger charge is 2.18. The molecule has 5 rings (SSSR count). The highest BCUT2D eigenvalue weighted by molar-refractivity contribution is 7.94. The van der Waals surface area contributed by atoms with Crippen molar-refractivity contribution in [1.29, 1.82) is 0 Å². The number of anilines is 3. The summed E-state index contributed by atoms with van der Waals surface area (Å²) < 4.78 is 63.2. The summed E-state index contributed by atoms with van der Waals surface area (Å²) >= 11 is 12.2. The maximum absolute atomic E-state index is 12.8. The normalized spacial score (nSPS) is 12.0. The van der Waals surface area contributed by atoms with Crippen molar-refractivity contribution in [2.45, 2.75) is 9.79 Å². The van der Waals surface area contributed by atoms with Crippen LogP contribution in [0.15, 0.2) is 92.8 Å². The molecule has 23 heteroatoms. The molecule has 0 saturated heterocycles. The lowest BCUT2D eigenvalue weighted by Crippen LogP contribution is -2.15. The summed E-state index contributed by atoms with van der Waals surface area (Å²) in [4.78, 5) is 24.4. The number of hydrogen-bond donors (Lipinski definition) is 5. The molecule has 0 aliphatic carbocycles. The van der Waals surface area contributed by atoms with Gasteiger partial charge in [0.05, 0.1) is 39.9 Å². The molecule has 5 N–H and O–H groups in total. The number of azo groups is 1. The van der Waals surface area contributed by atoms with Gasteiger partial charge in [0, 0.05) is 22.3 Å². The lowest BCUT2D eigenvalue weighted by molar-refractivity contribution is -0.432. The fraction of sp³-hybridized carbons (Fsp3) is 0.0714. The number of aromatic hydroxyl groups is 1. The molecular formula is C28H21Cl2N7O11S3. The minimum atomic E-state index is -4.78. The zero-order valence-electron chi connectivity index (χ0n) is 25.2. The summed E-state index contributed by atoms with van der Waals surface area (Å²) in [5.41, 5.74) is 1.26. The third-order valence-electron chi connectivity index (χ3n) is 6.49. The molecule has 0 unspecified atom stereocenters. The van der Waals surface area contributed by atoms with Crippen molar-refractivity contribution in [2.24, 2.45) is 10.2 Å². The molecule has 1 heterocycles. The summed E-state index contributed by atoms with van der Waals surface area (Å²) in [5.74, 6) is -1.43. The van der Waals surface area contributed by atoms with E-state index >= 15 is 0 Å². The predicted octanol–water partition coefficient (Wildman–Crippen LogP) is 6.47. The molecule has 0 fully saturated rings. The van der Waals surface area contributed by atoms with Crippen molar-refractivity contribution in [3.05, 3.63) is 88.9 Å². The van der Waals surface area contributed by atoms with Gasteiger partial charge < -0.3 is 15.7 Å². The summed E-state index contributed by atoms with van der Waals surface area (Å²) in [5, 5.41) is 38.0. The Hall–Kier alpha value is -4.55. The van der Waals surface area contributed by atoms with Gasteiger partial charge in [-0.15, -0.1) is 9.45 Å². The van der Waals surface area contributed by atoms with Crippen LogP contribution in [0.5, 0.6) is 5.75 Å². The number of carbonyl (C=O) groups is 1. The van der Waals surface area contributed by atoms with Gasteiger partial charge in [0.25, 0.3) is 5.91 Å². The van der Waals surface area contributed by atoms with Gasteiger partial charge in [-0.3, -0.25) is 9.35 Å². The molecule has 51 heavy (non-hydrogen) atoms. The lowest BCUT2D eigenvalue weighted by atomic mass is 10.1. The average molecular weight is 799 g/mol. The Labute approximate surface area is 302 Å². The molecule has 5 aromatic rings. The number of benzene rings is 4. The fourth-order valence-electron chi connectivity index (χ4n) is 4.26. The van der Waals surface area contributed by atoms with E-state index in [0.29, 0.717) is 34.2 Å². The Kier molecular flexibility index (Phi) is 12.0. The smallest absolute Gasteiger partial charge is 0.397 e. The van der Waals surface area contributed by atoms with E-state index in [1.54, 1.807) is 24.3 Å². The number of halogens is 2. The summed E-state index contributed by atoms with van der Waals surface area (Å²) in [7, 11) is -8.72. The van der Waals surface area contributed by atoms with Crippen molar-refractivity contribution < 1.29 is 50.1 Å². The molecule has 0 aliphatic rings. The predicted molar refractivity (Wildman–Crippen MR) is 184 cm³/mol. The number of aromatic nitrogens is 3. The van der Waals surface area contributed by atoms with Crippen molar-refractivity contribution in [1.82, 2.24) is 15.0 Å². The first-order valence-electron chi connectivity index (χ1n) is 13.8. The Morgan fingerprint density at radius 2 is 1.55 bits per heavy atom.